The molecule has 1 aliphatic rings. The molecule has 0 spiro atoms. The second-order valence-electron chi connectivity index (χ2n) is 14.4. The number of para-hydroxylation sites is 1. The van der Waals surface area contributed by atoms with Crippen LogP contribution in [0.15, 0.2) is 217 Å². The van der Waals surface area contributed by atoms with Crippen LogP contribution in [-0.4, -0.2) is 0 Å². The summed E-state index contributed by atoms with van der Waals surface area (Å²) in [7, 11) is 0. The van der Waals surface area contributed by atoms with Crippen LogP contribution in [0.1, 0.15) is 22.3 Å². The van der Waals surface area contributed by atoms with E-state index in [1.165, 1.54) is 55.3 Å². The molecule has 0 amide bonds. The van der Waals surface area contributed by atoms with Gasteiger partial charge in [0.05, 0.1) is 22.2 Å². The Labute approximate surface area is 320 Å². The van der Waals surface area contributed by atoms with E-state index < -0.39 is 5.41 Å². The molecule has 0 radical (unpaired) electrons. The van der Waals surface area contributed by atoms with Crippen molar-refractivity contribution in [3.63, 3.8) is 0 Å². The predicted octanol–water partition coefficient (Wildman–Crippen LogP) is 14.2. The normalized spacial score (nSPS) is 12.9. The minimum absolute atomic E-state index is 0.568. The number of hydrogen-bond acceptors (Lipinski definition) is 2. The highest BCUT2D eigenvalue weighted by molar-refractivity contribution is 6.15. The summed E-state index contributed by atoms with van der Waals surface area (Å²) >= 11 is 0. The maximum absolute atomic E-state index is 6.53. The smallest absolute Gasteiger partial charge is 0.137 e. The standard InChI is InChI=1S/C53H35NO/c1-4-17-36(18-5-1)37-31-33-41(34-32-37)54(46-28-16-30-49-50(46)44-26-13-15-29-48(44)55-49)47-35-38-19-10-11-24-42(38)52-51(47)43-25-12-14-27-45(43)53(52,39-20-6-2-7-21-39)40-22-8-3-9-23-40/h1-35H. The molecule has 2 nitrogen and oxygen atoms in total. The molecular formula is C53H35NO. The van der Waals surface area contributed by atoms with Gasteiger partial charge in [0.25, 0.3) is 0 Å². The third-order valence-electron chi connectivity index (χ3n) is 11.5. The summed E-state index contributed by atoms with van der Waals surface area (Å²) in [6, 6.07) is 77.1. The van der Waals surface area contributed by atoms with E-state index in [2.05, 4.69) is 211 Å². The van der Waals surface area contributed by atoms with Crippen LogP contribution in [0, 0.1) is 0 Å². The number of anilines is 3. The molecule has 1 aliphatic carbocycles. The molecule has 10 aromatic rings. The fourth-order valence-electron chi connectivity index (χ4n) is 9.26. The van der Waals surface area contributed by atoms with E-state index in [-0.39, 0.29) is 0 Å². The van der Waals surface area contributed by atoms with Gasteiger partial charge in [-0.2, -0.15) is 0 Å². The third-order valence-corrected chi connectivity index (χ3v) is 11.5. The van der Waals surface area contributed by atoms with Gasteiger partial charge in [0.15, 0.2) is 0 Å². The number of hydrogen-bond donors (Lipinski definition) is 0. The molecule has 55 heavy (non-hydrogen) atoms. The molecule has 0 unspecified atom stereocenters. The van der Waals surface area contributed by atoms with Crippen molar-refractivity contribution in [2.75, 3.05) is 4.90 Å². The van der Waals surface area contributed by atoms with Crippen molar-refractivity contribution in [1.82, 2.24) is 0 Å². The molecular weight excluding hydrogens is 667 g/mol. The van der Waals surface area contributed by atoms with Crippen molar-refractivity contribution in [3.05, 3.63) is 235 Å². The van der Waals surface area contributed by atoms with Gasteiger partial charge in [-0.3, -0.25) is 0 Å². The maximum atomic E-state index is 6.53. The largest absolute Gasteiger partial charge is 0.456 e. The van der Waals surface area contributed by atoms with Crippen molar-refractivity contribution >= 4 is 49.8 Å². The summed E-state index contributed by atoms with van der Waals surface area (Å²) in [6.07, 6.45) is 0. The molecule has 1 heterocycles. The maximum Gasteiger partial charge on any atom is 0.137 e. The Morgan fingerprint density at radius 3 is 1.75 bits per heavy atom. The second-order valence-corrected chi connectivity index (χ2v) is 14.4. The fraction of sp³-hybridized carbons (Fsp3) is 0.0189. The minimum Gasteiger partial charge on any atom is -0.456 e. The van der Waals surface area contributed by atoms with Gasteiger partial charge in [0.1, 0.15) is 11.2 Å². The lowest BCUT2D eigenvalue weighted by Gasteiger charge is -2.35. The van der Waals surface area contributed by atoms with E-state index in [4.69, 9.17) is 4.42 Å². The number of nitrogens with zero attached hydrogens (tertiary/aromatic N) is 1. The van der Waals surface area contributed by atoms with E-state index in [9.17, 15) is 0 Å². The fourth-order valence-corrected chi connectivity index (χ4v) is 9.26. The van der Waals surface area contributed by atoms with Crippen LogP contribution in [-0.2, 0) is 5.41 Å². The molecule has 0 aliphatic heterocycles. The average Bonchev–Trinajstić information content (AvgIpc) is 3.80. The van der Waals surface area contributed by atoms with Gasteiger partial charge in [-0.05, 0) is 86.1 Å². The molecule has 1 aromatic heterocycles. The first kappa shape index (κ1) is 31.4. The highest BCUT2D eigenvalue weighted by atomic mass is 16.3. The quantitative estimate of drug-likeness (QED) is 0.172. The first-order valence-electron chi connectivity index (χ1n) is 18.9. The van der Waals surface area contributed by atoms with Gasteiger partial charge in [-0.15, -0.1) is 0 Å². The zero-order valence-electron chi connectivity index (χ0n) is 30.1. The van der Waals surface area contributed by atoms with E-state index in [0.717, 1.165) is 39.0 Å². The van der Waals surface area contributed by atoms with Crippen LogP contribution in [0.25, 0.3) is 55.0 Å². The van der Waals surface area contributed by atoms with Crippen LogP contribution in [0.3, 0.4) is 0 Å². The van der Waals surface area contributed by atoms with Gasteiger partial charge in [-0.25, -0.2) is 0 Å². The molecule has 0 atom stereocenters. The van der Waals surface area contributed by atoms with Crippen LogP contribution >= 0.6 is 0 Å². The van der Waals surface area contributed by atoms with Gasteiger partial charge >= 0.3 is 0 Å². The van der Waals surface area contributed by atoms with E-state index in [0.29, 0.717) is 0 Å². The molecule has 0 fully saturated rings. The van der Waals surface area contributed by atoms with Crippen molar-refractivity contribution in [2.45, 2.75) is 5.41 Å². The zero-order valence-corrected chi connectivity index (χ0v) is 30.1. The predicted molar refractivity (Wildman–Crippen MR) is 229 cm³/mol. The Morgan fingerprint density at radius 1 is 0.418 bits per heavy atom. The molecule has 258 valence electrons. The molecule has 9 aromatic carbocycles. The first-order valence-corrected chi connectivity index (χ1v) is 18.9. The molecule has 11 rings (SSSR count). The van der Waals surface area contributed by atoms with Crippen LogP contribution < -0.4 is 4.90 Å². The Balaban J connectivity index is 1.30. The Hall–Kier alpha value is -7.16. The number of benzene rings is 9. The van der Waals surface area contributed by atoms with Crippen LogP contribution in [0.4, 0.5) is 17.1 Å². The lowest BCUT2D eigenvalue weighted by molar-refractivity contribution is 0.669. The van der Waals surface area contributed by atoms with Crippen molar-refractivity contribution in [3.8, 4) is 22.3 Å². The van der Waals surface area contributed by atoms with Crippen LogP contribution in [0.5, 0.6) is 0 Å². The van der Waals surface area contributed by atoms with E-state index in [1.807, 2.05) is 6.07 Å². The molecule has 0 saturated heterocycles. The zero-order chi connectivity index (χ0) is 36.3. The van der Waals surface area contributed by atoms with Gasteiger partial charge in [0.2, 0.25) is 0 Å². The molecule has 0 saturated carbocycles. The first-order chi connectivity index (χ1) is 27.3. The van der Waals surface area contributed by atoms with Gasteiger partial charge in [0, 0.05) is 16.6 Å². The van der Waals surface area contributed by atoms with Crippen molar-refractivity contribution in [2.24, 2.45) is 0 Å². The summed E-state index contributed by atoms with van der Waals surface area (Å²) in [5.41, 5.74) is 14.4. The van der Waals surface area contributed by atoms with Crippen molar-refractivity contribution in [1.29, 1.82) is 0 Å². The van der Waals surface area contributed by atoms with E-state index in [1.54, 1.807) is 0 Å². The lowest BCUT2D eigenvalue weighted by atomic mass is 9.66. The van der Waals surface area contributed by atoms with Crippen molar-refractivity contribution < 1.29 is 4.42 Å². The Kier molecular flexibility index (Phi) is 7.11. The molecule has 0 N–H and O–H groups in total. The summed E-state index contributed by atoms with van der Waals surface area (Å²) in [4.78, 5) is 2.48. The topological polar surface area (TPSA) is 16.4 Å². The third kappa shape index (κ3) is 4.68. The molecule has 0 bridgehead atoms. The monoisotopic (exact) mass is 701 g/mol. The SMILES string of the molecule is c1ccc(-c2ccc(N(c3cc4ccccc4c4c3-c3ccccc3C4(c3ccccc3)c3ccccc3)c3cccc4oc5ccccc5c34)cc2)cc1. The Morgan fingerprint density at radius 2 is 1.00 bits per heavy atom. The summed E-state index contributed by atoms with van der Waals surface area (Å²) < 4.78 is 6.53. The van der Waals surface area contributed by atoms with E-state index >= 15 is 0 Å². The summed E-state index contributed by atoms with van der Waals surface area (Å²) in [6.45, 7) is 0. The minimum atomic E-state index is -0.568. The number of rotatable bonds is 6. The second kappa shape index (κ2) is 12.5. The summed E-state index contributed by atoms with van der Waals surface area (Å²) in [5.74, 6) is 0. The Bertz CT molecular complexity index is 2980. The summed E-state index contributed by atoms with van der Waals surface area (Å²) in [5, 5.41) is 4.63. The van der Waals surface area contributed by atoms with Gasteiger partial charge < -0.3 is 9.32 Å². The highest BCUT2D eigenvalue weighted by Gasteiger charge is 2.48. The number of fused-ring (bicyclic) bond motifs is 8. The average molecular weight is 702 g/mol. The lowest BCUT2D eigenvalue weighted by Crippen LogP contribution is -2.29. The van der Waals surface area contributed by atoms with Gasteiger partial charge in [-0.1, -0.05) is 176 Å². The number of furan rings is 1. The van der Waals surface area contributed by atoms with Crippen LogP contribution in [0.2, 0.25) is 0 Å². The molecule has 2 heteroatoms. The highest BCUT2D eigenvalue weighted by Crippen LogP contribution is 2.62.